The Morgan fingerprint density at radius 3 is 2.36 bits per heavy atom. The molecule has 246 valence electrons. The minimum absolute atomic E-state index is 0.0398. The minimum atomic E-state index is -1.29. The average Bonchev–Trinajstić information content (AvgIpc) is 2.97. The number of anilines is 1. The molecule has 11 N–H and O–H groups in total. The first-order chi connectivity index (χ1) is 21.3. The van der Waals surface area contributed by atoms with Gasteiger partial charge in [-0.05, 0) is 44.4 Å². The van der Waals surface area contributed by atoms with E-state index in [1.165, 1.54) is 52.8 Å². The molecule has 45 heavy (non-hydrogen) atoms. The second-order valence-electron chi connectivity index (χ2n) is 10.0. The maximum Gasteiger partial charge on any atom is 0.252 e. The smallest absolute Gasteiger partial charge is 0.252 e. The van der Waals surface area contributed by atoms with Crippen LogP contribution in [0, 0.1) is 0 Å². The van der Waals surface area contributed by atoms with Crippen LogP contribution in [0.4, 0.5) is 5.69 Å². The van der Waals surface area contributed by atoms with E-state index >= 15 is 0 Å². The summed E-state index contributed by atoms with van der Waals surface area (Å²) in [6, 6.07) is 2.55. The van der Waals surface area contributed by atoms with E-state index in [-0.39, 0.29) is 48.0 Å². The number of carbonyl (C=O) groups is 7. The van der Waals surface area contributed by atoms with E-state index in [1.807, 2.05) is 0 Å². The molecule has 1 aromatic carbocycles. The average molecular weight is 666 g/mol. The Labute approximate surface area is 268 Å². The highest BCUT2D eigenvalue weighted by Crippen LogP contribution is 2.23. The standard InChI is InChI=1S/C27H39N9O7S2/c1-15(37)11-19-26(43)33-17-6-4-5-16(12-17)24(41)36-20(23(28)40)14-45-44-10-8-21(38)34-18(7-2-3-9-31-27(29)30)25(42)32-13-22(39)35-19/h4-6,12,18-20H,2-3,7-11,13-14H2,1H3,(H2,28,40)(H,32,42)(H,33,43)(H,34,38)(H,35,39)(H,36,41)(H4,29,30,31). The Kier molecular flexibility index (Phi) is 15.7. The lowest BCUT2D eigenvalue weighted by Gasteiger charge is -2.20. The van der Waals surface area contributed by atoms with Crippen LogP contribution in [0.1, 0.15) is 49.4 Å². The van der Waals surface area contributed by atoms with Gasteiger partial charge in [0.2, 0.25) is 29.5 Å². The lowest BCUT2D eigenvalue weighted by atomic mass is 10.1. The number of guanidine groups is 1. The largest absolute Gasteiger partial charge is 0.370 e. The highest BCUT2D eigenvalue weighted by atomic mass is 33.1. The van der Waals surface area contributed by atoms with Crippen molar-refractivity contribution in [3.8, 4) is 0 Å². The van der Waals surface area contributed by atoms with E-state index in [4.69, 9.17) is 17.2 Å². The van der Waals surface area contributed by atoms with Crippen molar-refractivity contribution < 1.29 is 33.6 Å². The van der Waals surface area contributed by atoms with Gasteiger partial charge in [0.1, 0.15) is 23.9 Å². The molecule has 3 atom stereocenters. The van der Waals surface area contributed by atoms with Crippen molar-refractivity contribution >= 4 is 74.5 Å². The summed E-state index contributed by atoms with van der Waals surface area (Å²) in [4.78, 5) is 92.0. The monoisotopic (exact) mass is 665 g/mol. The number of benzene rings is 1. The van der Waals surface area contributed by atoms with E-state index in [0.717, 1.165) is 0 Å². The number of fused-ring (bicyclic) bond motifs is 2. The van der Waals surface area contributed by atoms with Crippen molar-refractivity contribution in [1.82, 2.24) is 21.3 Å². The van der Waals surface area contributed by atoms with Crippen LogP contribution >= 0.6 is 21.6 Å². The van der Waals surface area contributed by atoms with Crippen LogP contribution in [0.5, 0.6) is 0 Å². The SMILES string of the molecule is CC(=O)CC1NC(=O)CNC(=O)C(CCCCN=C(N)N)NC(=O)CCSSCC(C(N)=O)NC(=O)c2cccc(c2)NC1=O. The quantitative estimate of drug-likeness (QED) is 0.0685. The Balaban J connectivity index is 2.26. The first kappa shape index (κ1) is 36.9. The Bertz CT molecular complexity index is 1290. The van der Waals surface area contributed by atoms with Gasteiger partial charge in [0.05, 0.1) is 6.54 Å². The van der Waals surface area contributed by atoms with E-state index in [2.05, 4.69) is 31.6 Å². The van der Waals surface area contributed by atoms with Crippen molar-refractivity contribution in [2.45, 2.75) is 57.2 Å². The number of Topliss-reactive ketones (excluding diaryl/α,β-unsaturated/α-hetero) is 1. The van der Waals surface area contributed by atoms with Crippen molar-refractivity contribution in [2.75, 3.05) is 29.9 Å². The number of primary amides is 1. The molecule has 16 nitrogen and oxygen atoms in total. The molecule has 0 radical (unpaired) electrons. The molecule has 2 rings (SSSR count). The van der Waals surface area contributed by atoms with E-state index in [9.17, 15) is 33.6 Å². The maximum atomic E-state index is 13.0. The second kappa shape index (κ2) is 19.1. The lowest BCUT2D eigenvalue weighted by Crippen LogP contribution is -2.51. The van der Waals surface area contributed by atoms with E-state index in [1.54, 1.807) is 0 Å². The second-order valence-corrected chi connectivity index (χ2v) is 12.6. The van der Waals surface area contributed by atoms with Crippen LogP contribution in [0.15, 0.2) is 29.3 Å². The fourth-order valence-electron chi connectivity index (χ4n) is 3.95. The Morgan fingerprint density at radius 2 is 1.67 bits per heavy atom. The van der Waals surface area contributed by atoms with Crippen molar-refractivity contribution in [3.63, 3.8) is 0 Å². The molecule has 0 saturated carbocycles. The minimum Gasteiger partial charge on any atom is -0.370 e. The van der Waals surface area contributed by atoms with Crippen molar-refractivity contribution in [1.29, 1.82) is 0 Å². The first-order valence-electron chi connectivity index (χ1n) is 14.0. The van der Waals surface area contributed by atoms with Gasteiger partial charge in [0.15, 0.2) is 5.96 Å². The van der Waals surface area contributed by atoms with E-state index in [0.29, 0.717) is 25.1 Å². The zero-order valence-corrected chi connectivity index (χ0v) is 26.4. The van der Waals surface area contributed by atoms with Gasteiger partial charge in [-0.3, -0.25) is 38.6 Å². The van der Waals surface area contributed by atoms with Crippen LogP contribution in [0.3, 0.4) is 0 Å². The van der Waals surface area contributed by atoms with E-state index < -0.39 is 60.1 Å². The molecule has 0 aromatic heterocycles. The number of ketones is 1. The normalized spacial score (nSPS) is 20.9. The maximum absolute atomic E-state index is 13.0. The third kappa shape index (κ3) is 14.3. The molecule has 1 aliphatic rings. The fraction of sp³-hybridized carbons (Fsp3) is 0.481. The summed E-state index contributed by atoms with van der Waals surface area (Å²) in [6.07, 6.45) is 0.949. The molecule has 6 amide bonds. The van der Waals surface area contributed by atoms with Gasteiger partial charge in [-0.15, -0.1) is 0 Å². The van der Waals surface area contributed by atoms with Crippen LogP contribution in [-0.2, 0) is 28.8 Å². The van der Waals surface area contributed by atoms with Crippen LogP contribution in [0.2, 0.25) is 0 Å². The Morgan fingerprint density at radius 1 is 0.933 bits per heavy atom. The summed E-state index contributed by atoms with van der Waals surface area (Å²) in [5.74, 6) is -3.89. The number of hydrogen-bond acceptors (Lipinski definition) is 10. The summed E-state index contributed by atoms with van der Waals surface area (Å²) >= 11 is 0. The number of nitrogens with two attached hydrogens (primary N) is 3. The number of amides is 6. The zero-order valence-electron chi connectivity index (χ0n) is 24.8. The number of unbranched alkanes of at least 4 members (excludes halogenated alkanes) is 1. The molecular formula is C27H39N9O7S2. The number of hydrogen-bond donors (Lipinski definition) is 8. The molecule has 1 aromatic rings. The number of carbonyl (C=O) groups excluding carboxylic acids is 7. The predicted molar refractivity (Wildman–Crippen MR) is 172 cm³/mol. The molecule has 0 fully saturated rings. The van der Waals surface area contributed by atoms with Crippen LogP contribution in [-0.4, -0.2) is 89.9 Å². The van der Waals surface area contributed by atoms with Crippen molar-refractivity contribution in [3.05, 3.63) is 29.8 Å². The number of rotatable bonds is 8. The summed E-state index contributed by atoms with van der Waals surface area (Å²) < 4.78 is 0. The molecule has 3 unspecified atom stereocenters. The molecule has 2 bridgehead atoms. The lowest BCUT2D eigenvalue weighted by molar-refractivity contribution is -0.131. The molecule has 1 aliphatic heterocycles. The summed E-state index contributed by atoms with van der Waals surface area (Å²) in [7, 11) is 2.51. The zero-order chi connectivity index (χ0) is 33.4. The van der Waals surface area contributed by atoms with Crippen LogP contribution in [0.25, 0.3) is 0 Å². The summed E-state index contributed by atoms with van der Waals surface area (Å²) in [5, 5.41) is 12.7. The third-order valence-electron chi connectivity index (χ3n) is 6.19. The van der Waals surface area contributed by atoms with Crippen LogP contribution < -0.4 is 43.8 Å². The van der Waals surface area contributed by atoms with Gasteiger partial charge in [0, 0.05) is 42.1 Å². The Hall–Kier alpha value is -4.32. The number of nitrogens with zero attached hydrogens (tertiary/aromatic N) is 1. The fourth-order valence-corrected chi connectivity index (χ4v) is 6.12. The van der Waals surface area contributed by atoms with Gasteiger partial charge < -0.3 is 43.8 Å². The number of nitrogens with one attached hydrogen (secondary N) is 5. The summed E-state index contributed by atoms with van der Waals surface area (Å²) in [6.45, 7) is 1.06. The highest BCUT2D eigenvalue weighted by molar-refractivity contribution is 8.76. The molecule has 0 aliphatic carbocycles. The third-order valence-corrected chi connectivity index (χ3v) is 8.60. The molecule has 1 heterocycles. The molecule has 0 spiro atoms. The van der Waals surface area contributed by atoms with Crippen molar-refractivity contribution in [2.24, 2.45) is 22.2 Å². The number of aliphatic imine (C=N–C) groups is 1. The molecule has 0 saturated heterocycles. The van der Waals surface area contributed by atoms with Gasteiger partial charge in [-0.2, -0.15) is 0 Å². The first-order valence-corrected chi connectivity index (χ1v) is 16.5. The molecule has 18 heteroatoms. The van der Waals surface area contributed by atoms with Gasteiger partial charge in [-0.25, -0.2) is 0 Å². The topological polar surface area (TPSA) is 270 Å². The molecular weight excluding hydrogens is 626 g/mol. The van der Waals surface area contributed by atoms with Gasteiger partial charge >= 0.3 is 0 Å². The van der Waals surface area contributed by atoms with Gasteiger partial charge in [0.25, 0.3) is 5.91 Å². The summed E-state index contributed by atoms with van der Waals surface area (Å²) in [5.41, 5.74) is 16.5. The highest BCUT2D eigenvalue weighted by Gasteiger charge is 2.26. The van der Waals surface area contributed by atoms with Gasteiger partial charge in [-0.1, -0.05) is 27.7 Å². The predicted octanol–water partition coefficient (Wildman–Crippen LogP) is -1.50.